The van der Waals surface area contributed by atoms with Crippen molar-refractivity contribution in [2.75, 3.05) is 6.61 Å². The minimum absolute atomic E-state index is 0.370. The van der Waals surface area contributed by atoms with E-state index in [2.05, 4.69) is 4.99 Å². The molecule has 0 amide bonds. The molecule has 0 saturated carbocycles. The smallest absolute Gasteiger partial charge is 0.346 e. The third kappa shape index (κ3) is 3.08. The molecule has 0 unspecified atom stereocenters. The molecule has 0 aliphatic heterocycles. The lowest BCUT2D eigenvalue weighted by Gasteiger charge is -2.03. The molecule has 0 fully saturated rings. The van der Waals surface area contributed by atoms with E-state index >= 15 is 0 Å². The predicted octanol–water partition coefficient (Wildman–Crippen LogP) is 3.65. The lowest BCUT2D eigenvalue weighted by Crippen LogP contribution is -2.01. The largest absolute Gasteiger partial charge is 0.494 e. The Labute approximate surface area is 132 Å². The van der Waals surface area contributed by atoms with E-state index in [1.807, 2.05) is 19.1 Å². The van der Waals surface area contributed by atoms with E-state index < -0.39 is 11.6 Å². The van der Waals surface area contributed by atoms with E-state index in [9.17, 15) is 9.90 Å². The molecule has 3 aromatic rings. The number of fused-ring (bicyclic) bond motifs is 1. The molecule has 1 heterocycles. The Bertz CT molecular complexity index is 910. The van der Waals surface area contributed by atoms with Crippen LogP contribution in [0.3, 0.4) is 0 Å². The second kappa shape index (κ2) is 6.36. The molecule has 2 aromatic carbocycles. The number of benzene rings is 2. The Kier molecular flexibility index (Phi) is 4.10. The molecular formula is C18H15NO4. The molecule has 0 saturated heterocycles. The van der Waals surface area contributed by atoms with Gasteiger partial charge in [-0.05, 0) is 37.3 Å². The molecule has 23 heavy (non-hydrogen) atoms. The van der Waals surface area contributed by atoms with Crippen molar-refractivity contribution in [1.82, 2.24) is 0 Å². The lowest BCUT2D eigenvalue weighted by atomic mass is 10.1. The third-order valence-corrected chi connectivity index (χ3v) is 3.35. The van der Waals surface area contributed by atoms with Crippen molar-refractivity contribution >= 4 is 22.7 Å². The molecular weight excluding hydrogens is 294 g/mol. The Balaban J connectivity index is 1.99. The fourth-order valence-electron chi connectivity index (χ4n) is 2.27. The molecule has 0 aliphatic rings. The van der Waals surface area contributed by atoms with E-state index in [-0.39, 0.29) is 0 Å². The number of ether oxygens (including phenoxy) is 1. The summed E-state index contributed by atoms with van der Waals surface area (Å²) in [5.74, 6) is 0.328. The van der Waals surface area contributed by atoms with Gasteiger partial charge >= 0.3 is 5.63 Å². The van der Waals surface area contributed by atoms with Crippen molar-refractivity contribution < 1.29 is 14.3 Å². The molecule has 0 radical (unpaired) electrons. The van der Waals surface area contributed by atoms with Crippen molar-refractivity contribution in [3.05, 3.63) is 64.5 Å². The van der Waals surface area contributed by atoms with Gasteiger partial charge in [0, 0.05) is 11.6 Å². The molecule has 116 valence electrons. The maximum atomic E-state index is 11.7. The zero-order valence-corrected chi connectivity index (χ0v) is 12.5. The van der Waals surface area contributed by atoms with Gasteiger partial charge in [0.15, 0.2) is 0 Å². The summed E-state index contributed by atoms with van der Waals surface area (Å²) in [6.07, 6.45) is 1.48. The summed E-state index contributed by atoms with van der Waals surface area (Å²) >= 11 is 0. The SMILES string of the molecule is CCOc1ccc(N=Cc2c(O)oc(=O)c3ccccc23)cc1. The molecule has 1 aromatic heterocycles. The zero-order chi connectivity index (χ0) is 16.2. The molecule has 5 heteroatoms. The highest BCUT2D eigenvalue weighted by Crippen LogP contribution is 2.24. The van der Waals surface area contributed by atoms with Gasteiger partial charge in [-0.2, -0.15) is 0 Å². The van der Waals surface area contributed by atoms with Gasteiger partial charge in [-0.25, -0.2) is 4.79 Å². The van der Waals surface area contributed by atoms with Gasteiger partial charge in [0.05, 0.1) is 23.2 Å². The van der Waals surface area contributed by atoms with Crippen LogP contribution in [0.2, 0.25) is 0 Å². The summed E-state index contributed by atoms with van der Waals surface area (Å²) in [4.78, 5) is 16.1. The number of hydrogen-bond acceptors (Lipinski definition) is 5. The van der Waals surface area contributed by atoms with Gasteiger partial charge < -0.3 is 14.3 Å². The lowest BCUT2D eigenvalue weighted by molar-refractivity contribution is 0.312. The first-order valence-electron chi connectivity index (χ1n) is 7.21. The second-order valence-electron chi connectivity index (χ2n) is 4.84. The van der Waals surface area contributed by atoms with Crippen LogP contribution in [0.5, 0.6) is 11.7 Å². The number of hydrogen-bond donors (Lipinski definition) is 1. The Morgan fingerprint density at radius 3 is 2.52 bits per heavy atom. The average Bonchev–Trinajstić information content (AvgIpc) is 2.56. The summed E-state index contributed by atoms with van der Waals surface area (Å²) in [5, 5.41) is 10.9. The number of rotatable bonds is 4. The molecule has 3 rings (SSSR count). The highest BCUT2D eigenvalue weighted by atomic mass is 16.5. The minimum Gasteiger partial charge on any atom is -0.494 e. The van der Waals surface area contributed by atoms with E-state index in [4.69, 9.17) is 9.15 Å². The van der Waals surface area contributed by atoms with E-state index in [1.165, 1.54) is 6.21 Å². The zero-order valence-electron chi connectivity index (χ0n) is 12.5. The Morgan fingerprint density at radius 2 is 1.83 bits per heavy atom. The maximum Gasteiger partial charge on any atom is 0.346 e. The summed E-state index contributed by atoms with van der Waals surface area (Å²) in [7, 11) is 0. The minimum atomic E-state index is -0.573. The molecule has 0 aliphatic carbocycles. The fourth-order valence-corrected chi connectivity index (χ4v) is 2.27. The van der Waals surface area contributed by atoms with Crippen LogP contribution in [-0.4, -0.2) is 17.9 Å². The van der Waals surface area contributed by atoms with Gasteiger partial charge in [0.2, 0.25) is 0 Å². The van der Waals surface area contributed by atoms with Crippen LogP contribution in [0.15, 0.2) is 62.7 Å². The third-order valence-electron chi connectivity index (χ3n) is 3.35. The Hall–Kier alpha value is -3.08. The van der Waals surface area contributed by atoms with Crippen LogP contribution in [-0.2, 0) is 0 Å². The Morgan fingerprint density at radius 1 is 1.13 bits per heavy atom. The first-order chi connectivity index (χ1) is 11.2. The van der Waals surface area contributed by atoms with E-state index in [0.29, 0.717) is 28.6 Å². The van der Waals surface area contributed by atoms with Gasteiger partial charge in [-0.15, -0.1) is 0 Å². The predicted molar refractivity (Wildman–Crippen MR) is 89.0 cm³/mol. The second-order valence-corrected chi connectivity index (χ2v) is 4.84. The van der Waals surface area contributed by atoms with Crippen molar-refractivity contribution in [3.63, 3.8) is 0 Å². The molecule has 1 N–H and O–H groups in total. The number of nitrogens with zero attached hydrogens (tertiary/aromatic N) is 1. The standard InChI is InChI=1S/C18H15NO4/c1-2-22-13-9-7-12(8-10-13)19-11-16-14-5-3-4-6-15(14)17(20)23-18(16)21/h3-11,21H,2H2,1H3. The average molecular weight is 309 g/mol. The fraction of sp³-hybridized carbons (Fsp3) is 0.111. The first-order valence-corrected chi connectivity index (χ1v) is 7.21. The van der Waals surface area contributed by atoms with E-state index in [1.54, 1.807) is 36.4 Å². The summed E-state index contributed by atoms with van der Waals surface area (Å²) in [5.41, 5.74) is 0.494. The van der Waals surface area contributed by atoms with Gasteiger partial charge in [-0.1, -0.05) is 18.2 Å². The van der Waals surface area contributed by atoms with Crippen molar-refractivity contribution in [3.8, 4) is 11.7 Å². The van der Waals surface area contributed by atoms with Crippen LogP contribution in [0, 0.1) is 0 Å². The summed E-state index contributed by atoms with van der Waals surface area (Å²) in [6, 6.07) is 14.2. The van der Waals surface area contributed by atoms with Crippen molar-refractivity contribution in [2.24, 2.45) is 4.99 Å². The van der Waals surface area contributed by atoms with Crippen molar-refractivity contribution in [2.45, 2.75) is 6.92 Å². The van der Waals surface area contributed by atoms with Crippen molar-refractivity contribution in [1.29, 1.82) is 0 Å². The van der Waals surface area contributed by atoms with Crippen LogP contribution < -0.4 is 10.4 Å². The molecule has 0 bridgehead atoms. The molecule has 0 spiro atoms. The molecule has 5 nitrogen and oxygen atoms in total. The number of aliphatic imine (C=N–C) groups is 1. The summed E-state index contributed by atoms with van der Waals surface area (Å²) < 4.78 is 10.2. The van der Waals surface area contributed by atoms with Gasteiger partial charge in [0.25, 0.3) is 5.95 Å². The van der Waals surface area contributed by atoms with Crippen LogP contribution in [0.1, 0.15) is 12.5 Å². The van der Waals surface area contributed by atoms with Crippen LogP contribution in [0.4, 0.5) is 5.69 Å². The quantitative estimate of drug-likeness (QED) is 0.747. The number of aromatic hydroxyl groups is 1. The van der Waals surface area contributed by atoms with Crippen LogP contribution >= 0.6 is 0 Å². The highest BCUT2D eigenvalue weighted by molar-refractivity contribution is 6.01. The van der Waals surface area contributed by atoms with Crippen LogP contribution in [0.25, 0.3) is 10.8 Å². The summed E-state index contributed by atoms with van der Waals surface area (Å²) in [6.45, 7) is 2.52. The maximum absolute atomic E-state index is 11.7. The van der Waals surface area contributed by atoms with Gasteiger partial charge in [0.1, 0.15) is 5.75 Å². The normalized spacial score (nSPS) is 11.2. The molecule has 0 atom stereocenters. The highest BCUT2D eigenvalue weighted by Gasteiger charge is 2.10. The topological polar surface area (TPSA) is 72.0 Å². The van der Waals surface area contributed by atoms with Gasteiger partial charge in [-0.3, -0.25) is 4.99 Å². The monoisotopic (exact) mass is 309 g/mol. The van der Waals surface area contributed by atoms with E-state index in [0.717, 1.165) is 5.75 Å². The first kappa shape index (κ1) is 14.8.